The molecule has 1 nitrogen and oxygen atoms in total. The molecule has 0 aliphatic rings. The van der Waals surface area contributed by atoms with Gasteiger partial charge in [-0.05, 0) is 13.8 Å². The van der Waals surface area contributed by atoms with Crippen molar-refractivity contribution in [3.05, 3.63) is 16.1 Å². The van der Waals surface area contributed by atoms with Crippen molar-refractivity contribution in [2.24, 2.45) is 0 Å². The Kier molecular flexibility index (Phi) is 2.09. The molecule has 0 fully saturated rings. The van der Waals surface area contributed by atoms with Crippen molar-refractivity contribution in [1.82, 2.24) is 4.98 Å². The van der Waals surface area contributed by atoms with Crippen molar-refractivity contribution in [3.63, 3.8) is 0 Å². The van der Waals surface area contributed by atoms with Crippen molar-refractivity contribution in [1.29, 1.82) is 0 Å². The lowest BCUT2D eigenvalue weighted by Crippen LogP contribution is -1.73. The molecule has 0 saturated heterocycles. The molecule has 0 saturated carbocycles. The Balaban J connectivity index is 2.85. The Hall–Kier alpha value is -0.0800. The highest BCUT2D eigenvalue weighted by molar-refractivity contribution is 7.11. The van der Waals surface area contributed by atoms with Crippen LogP contribution in [0.4, 0.5) is 0 Å². The van der Waals surface area contributed by atoms with E-state index in [0.717, 1.165) is 9.88 Å². The van der Waals surface area contributed by atoms with E-state index in [1.807, 2.05) is 20.0 Å². The third-order valence-corrected chi connectivity index (χ3v) is 2.49. The Morgan fingerprint density at radius 3 is 2.67 bits per heavy atom. The van der Waals surface area contributed by atoms with Gasteiger partial charge in [0.2, 0.25) is 0 Å². The Bertz CT molecular complexity index is 195. The molecule has 0 amide bonds. The maximum absolute atomic E-state index is 5.79. The second-order valence-corrected chi connectivity index (χ2v) is 3.82. The van der Waals surface area contributed by atoms with Crippen LogP contribution in [0, 0.1) is 6.92 Å². The first-order valence-corrected chi connectivity index (χ1v) is 4.02. The molecule has 1 rings (SSSR count). The maximum atomic E-state index is 5.79. The largest absolute Gasteiger partial charge is 0.250 e. The number of nitrogens with zero attached hydrogens (tertiary/aromatic N) is 1. The van der Waals surface area contributed by atoms with Crippen LogP contribution in [-0.2, 0) is 0 Å². The minimum atomic E-state index is 0.108. The predicted molar refractivity (Wildman–Crippen MR) is 41.1 cm³/mol. The van der Waals surface area contributed by atoms with Gasteiger partial charge in [0, 0.05) is 11.1 Å². The highest BCUT2D eigenvalue weighted by Crippen LogP contribution is 2.24. The van der Waals surface area contributed by atoms with Crippen LogP contribution in [-0.4, -0.2) is 4.98 Å². The molecule has 1 aromatic heterocycles. The third-order valence-electron chi connectivity index (χ3n) is 1.03. The van der Waals surface area contributed by atoms with Crippen molar-refractivity contribution in [2.45, 2.75) is 19.2 Å². The minimum absolute atomic E-state index is 0.108. The van der Waals surface area contributed by atoms with Crippen LogP contribution in [0.5, 0.6) is 0 Å². The predicted octanol–water partition coefficient (Wildman–Crippen LogP) is 2.75. The molecule has 0 spiro atoms. The fraction of sp³-hybridized carbons (Fsp3) is 0.500. The van der Waals surface area contributed by atoms with Gasteiger partial charge in [-0.15, -0.1) is 22.9 Å². The molecule has 1 aromatic rings. The monoisotopic (exact) mass is 161 g/mol. The topological polar surface area (TPSA) is 12.9 Å². The molecule has 0 radical (unpaired) electrons. The standard InChI is InChI=1S/C6H8ClNS/c1-4(7)6-3-8-5(2)9-6/h3-4H,1-2H3. The number of alkyl halides is 1. The first kappa shape index (κ1) is 7.03. The number of aromatic nitrogens is 1. The highest BCUT2D eigenvalue weighted by Gasteiger charge is 2.02. The van der Waals surface area contributed by atoms with Gasteiger partial charge in [-0.3, -0.25) is 0 Å². The summed E-state index contributed by atoms with van der Waals surface area (Å²) in [6, 6.07) is 0. The Morgan fingerprint density at radius 1 is 1.78 bits per heavy atom. The number of aryl methyl sites for hydroxylation is 1. The number of hydrogen-bond acceptors (Lipinski definition) is 2. The van der Waals surface area contributed by atoms with Crippen LogP contribution in [0.15, 0.2) is 6.20 Å². The molecule has 1 unspecified atom stereocenters. The summed E-state index contributed by atoms with van der Waals surface area (Å²) in [4.78, 5) is 5.22. The van der Waals surface area contributed by atoms with Gasteiger partial charge in [0.05, 0.1) is 10.4 Å². The zero-order chi connectivity index (χ0) is 6.85. The summed E-state index contributed by atoms with van der Waals surface area (Å²) in [6.07, 6.45) is 1.83. The van der Waals surface area contributed by atoms with E-state index in [0.29, 0.717) is 0 Å². The molecule has 1 atom stereocenters. The van der Waals surface area contributed by atoms with E-state index in [1.54, 1.807) is 11.3 Å². The van der Waals surface area contributed by atoms with Crippen LogP contribution in [0.25, 0.3) is 0 Å². The van der Waals surface area contributed by atoms with Crippen molar-refractivity contribution in [3.8, 4) is 0 Å². The van der Waals surface area contributed by atoms with Gasteiger partial charge >= 0.3 is 0 Å². The van der Waals surface area contributed by atoms with Gasteiger partial charge in [0.15, 0.2) is 0 Å². The summed E-state index contributed by atoms with van der Waals surface area (Å²) in [5, 5.41) is 1.19. The van der Waals surface area contributed by atoms with E-state index in [2.05, 4.69) is 4.98 Å². The second kappa shape index (κ2) is 2.67. The van der Waals surface area contributed by atoms with Crippen molar-refractivity contribution >= 4 is 22.9 Å². The lowest BCUT2D eigenvalue weighted by atomic mass is 10.4. The average Bonchev–Trinajstić information content (AvgIpc) is 2.14. The molecule has 3 heteroatoms. The van der Waals surface area contributed by atoms with Gasteiger partial charge in [0.25, 0.3) is 0 Å². The number of rotatable bonds is 1. The fourth-order valence-electron chi connectivity index (χ4n) is 0.562. The van der Waals surface area contributed by atoms with Gasteiger partial charge < -0.3 is 0 Å². The molecule has 9 heavy (non-hydrogen) atoms. The normalized spacial score (nSPS) is 13.7. The van der Waals surface area contributed by atoms with E-state index in [-0.39, 0.29) is 5.38 Å². The molecule has 50 valence electrons. The van der Waals surface area contributed by atoms with E-state index in [4.69, 9.17) is 11.6 Å². The van der Waals surface area contributed by atoms with Gasteiger partial charge in [-0.2, -0.15) is 0 Å². The second-order valence-electron chi connectivity index (χ2n) is 1.90. The molecular weight excluding hydrogens is 154 g/mol. The number of halogens is 1. The molecule has 0 N–H and O–H groups in total. The summed E-state index contributed by atoms with van der Waals surface area (Å²) < 4.78 is 0. The summed E-state index contributed by atoms with van der Waals surface area (Å²) in [6.45, 7) is 3.93. The Morgan fingerprint density at radius 2 is 2.44 bits per heavy atom. The molecule has 0 bridgehead atoms. The zero-order valence-corrected chi connectivity index (χ0v) is 6.96. The zero-order valence-electron chi connectivity index (χ0n) is 5.39. The number of thiazole rings is 1. The van der Waals surface area contributed by atoms with Crippen LogP contribution in [0.3, 0.4) is 0 Å². The van der Waals surface area contributed by atoms with Gasteiger partial charge in [-0.1, -0.05) is 0 Å². The van der Waals surface area contributed by atoms with Crippen LogP contribution in [0.2, 0.25) is 0 Å². The van der Waals surface area contributed by atoms with Gasteiger partial charge in [0.1, 0.15) is 0 Å². The summed E-state index contributed by atoms with van der Waals surface area (Å²) in [7, 11) is 0. The first-order chi connectivity index (χ1) is 4.20. The minimum Gasteiger partial charge on any atom is -0.250 e. The van der Waals surface area contributed by atoms with E-state index < -0.39 is 0 Å². The van der Waals surface area contributed by atoms with Crippen LogP contribution >= 0.6 is 22.9 Å². The van der Waals surface area contributed by atoms with E-state index >= 15 is 0 Å². The van der Waals surface area contributed by atoms with Crippen LogP contribution < -0.4 is 0 Å². The summed E-state index contributed by atoms with van der Waals surface area (Å²) in [5.74, 6) is 0. The molecular formula is C6H8ClNS. The van der Waals surface area contributed by atoms with Crippen molar-refractivity contribution in [2.75, 3.05) is 0 Å². The number of hydrogen-bond donors (Lipinski definition) is 0. The Labute approximate surface area is 63.7 Å². The lowest BCUT2D eigenvalue weighted by molar-refractivity contribution is 1.11. The van der Waals surface area contributed by atoms with E-state index in [1.165, 1.54) is 0 Å². The molecule has 0 aromatic carbocycles. The smallest absolute Gasteiger partial charge is 0.0897 e. The SMILES string of the molecule is Cc1ncc(C(C)Cl)s1. The average molecular weight is 162 g/mol. The first-order valence-electron chi connectivity index (χ1n) is 2.76. The molecule has 1 heterocycles. The summed E-state index contributed by atoms with van der Waals surface area (Å²) >= 11 is 7.44. The summed E-state index contributed by atoms with van der Waals surface area (Å²) in [5.41, 5.74) is 0. The highest BCUT2D eigenvalue weighted by atomic mass is 35.5. The lowest BCUT2D eigenvalue weighted by Gasteiger charge is -1.92. The van der Waals surface area contributed by atoms with Crippen molar-refractivity contribution < 1.29 is 0 Å². The fourth-order valence-corrected chi connectivity index (χ4v) is 1.47. The van der Waals surface area contributed by atoms with Crippen LogP contribution in [0.1, 0.15) is 22.2 Å². The van der Waals surface area contributed by atoms with Gasteiger partial charge in [-0.25, -0.2) is 4.98 Å². The third kappa shape index (κ3) is 1.66. The molecule has 0 aliphatic carbocycles. The van der Waals surface area contributed by atoms with E-state index in [9.17, 15) is 0 Å². The molecule has 0 aliphatic heterocycles. The maximum Gasteiger partial charge on any atom is 0.0897 e. The quantitative estimate of drug-likeness (QED) is 0.578.